The fourth-order valence-electron chi connectivity index (χ4n) is 9.52. The monoisotopic (exact) mass is 787 g/mol. The fraction of sp³-hybridized carbons (Fsp3) is 0.816. The molecular weight excluding hydrogens is 734 g/mol. The zero-order valence-electron chi connectivity index (χ0n) is 30.3. The third-order valence-corrected chi connectivity index (χ3v) is 13.9. The van der Waals surface area contributed by atoms with Crippen molar-refractivity contribution < 1.29 is 59.1 Å². The van der Waals surface area contributed by atoms with E-state index in [9.17, 15) is 49.6 Å². The van der Waals surface area contributed by atoms with Gasteiger partial charge in [-0.25, -0.2) is 4.79 Å². The van der Waals surface area contributed by atoms with Gasteiger partial charge in [-0.05, 0) is 110 Å². The van der Waals surface area contributed by atoms with Crippen molar-refractivity contribution in [2.45, 2.75) is 140 Å². The first-order valence-electron chi connectivity index (χ1n) is 19.2. The van der Waals surface area contributed by atoms with Gasteiger partial charge in [0.05, 0.1) is 19.3 Å². The number of halogens is 8. The molecule has 0 bridgehead atoms. The summed E-state index contributed by atoms with van der Waals surface area (Å²) in [5, 5.41) is 11.0. The lowest BCUT2D eigenvalue weighted by Crippen LogP contribution is -2.51. The van der Waals surface area contributed by atoms with E-state index in [2.05, 4.69) is 6.92 Å². The molecule has 6 nitrogen and oxygen atoms in total. The Labute approximate surface area is 309 Å². The number of aliphatic hydroxyl groups excluding tert-OH is 1. The van der Waals surface area contributed by atoms with Crippen molar-refractivity contribution in [3.63, 3.8) is 0 Å². The van der Waals surface area contributed by atoms with E-state index in [1.54, 1.807) is 6.07 Å². The summed E-state index contributed by atoms with van der Waals surface area (Å²) in [4.78, 5) is 13.9. The van der Waals surface area contributed by atoms with Gasteiger partial charge in [-0.3, -0.25) is 0 Å². The molecule has 53 heavy (non-hydrogen) atoms. The van der Waals surface area contributed by atoms with Gasteiger partial charge in [-0.1, -0.05) is 56.3 Å². The van der Waals surface area contributed by atoms with Crippen LogP contribution < -0.4 is 4.74 Å². The Morgan fingerprint density at radius 2 is 1.66 bits per heavy atom. The van der Waals surface area contributed by atoms with E-state index in [1.807, 2.05) is 12.1 Å². The molecule has 8 atom stereocenters. The lowest BCUT2D eigenvalue weighted by molar-refractivity contribution is -0.284. The fourth-order valence-corrected chi connectivity index (χ4v) is 10.7. The quantitative estimate of drug-likeness (QED) is 0.109. The molecule has 1 aromatic carbocycles. The number of rotatable bonds is 15. The number of alkyl halides is 8. The molecule has 0 aromatic heterocycles. The zero-order valence-corrected chi connectivity index (χ0v) is 31.1. The van der Waals surface area contributed by atoms with Crippen LogP contribution in [0.3, 0.4) is 0 Å². The number of morpholine rings is 1. The number of amides is 1. The molecule has 1 aromatic rings. The van der Waals surface area contributed by atoms with E-state index in [1.165, 1.54) is 5.56 Å². The van der Waals surface area contributed by atoms with Crippen molar-refractivity contribution in [3.05, 3.63) is 29.3 Å². The average molecular weight is 788 g/mol. The Morgan fingerprint density at radius 3 is 2.36 bits per heavy atom. The molecule has 1 N–H and O–H groups in total. The number of unbranched alkanes of at least 4 members (excludes halogenated alkanes) is 6. The van der Waals surface area contributed by atoms with Gasteiger partial charge < -0.3 is 24.0 Å². The molecule has 1 aliphatic heterocycles. The number of nitrogens with zero attached hydrogens (tertiary/aromatic N) is 1. The Hall–Kier alpha value is -1.84. The van der Waals surface area contributed by atoms with Gasteiger partial charge in [0.1, 0.15) is 17.3 Å². The molecule has 0 radical (unpaired) electrons. The number of hydrogen-bond donors (Lipinski definition) is 1. The standard InChI is InChI=1S/C38H53F8NO5S/c1-35-17-15-29-28-12-11-27(52-34(49)47-18-19-51-32(24-47)37(41,42)43)23-26(28)22-25(33(29)30(35)13-14-31(35)48)10-7-5-3-2-4-6-8-20-53(50)21-9-16-36(39,40)38(44,45)46/h11-12,23,25,29-33,48H,2-10,13-22,24H2,1H3. The summed E-state index contributed by atoms with van der Waals surface area (Å²) in [7, 11) is 0. The molecule has 3 fully saturated rings. The van der Waals surface area contributed by atoms with E-state index < -0.39 is 61.0 Å². The number of fused-ring (bicyclic) bond motifs is 5. The summed E-state index contributed by atoms with van der Waals surface area (Å²) in [6, 6.07) is 5.63. The lowest BCUT2D eigenvalue weighted by atomic mass is 9.52. The van der Waals surface area contributed by atoms with Crippen LogP contribution in [0, 0.1) is 23.2 Å². The molecule has 2 saturated carbocycles. The molecule has 3 aliphatic carbocycles. The normalized spacial score (nSPS) is 29.7. The molecule has 8 unspecified atom stereocenters. The van der Waals surface area contributed by atoms with Crippen LogP contribution in [-0.2, 0) is 22.3 Å². The van der Waals surface area contributed by atoms with Crippen LogP contribution >= 0.6 is 0 Å². The van der Waals surface area contributed by atoms with Crippen LogP contribution in [0.4, 0.5) is 39.9 Å². The van der Waals surface area contributed by atoms with Gasteiger partial charge in [0.15, 0.2) is 6.10 Å². The van der Waals surface area contributed by atoms with Gasteiger partial charge in [0.2, 0.25) is 0 Å². The average Bonchev–Trinajstić information content (AvgIpc) is 3.39. The summed E-state index contributed by atoms with van der Waals surface area (Å²) >= 11 is -1.42. The van der Waals surface area contributed by atoms with Crippen molar-refractivity contribution in [2.24, 2.45) is 23.2 Å². The predicted octanol–water partition coefficient (Wildman–Crippen LogP) is 9.74. The third-order valence-electron chi connectivity index (χ3n) is 12.4. The van der Waals surface area contributed by atoms with Crippen molar-refractivity contribution in [1.29, 1.82) is 0 Å². The topological polar surface area (TPSA) is 82.1 Å². The minimum Gasteiger partial charge on any atom is -0.616 e. The van der Waals surface area contributed by atoms with Crippen molar-refractivity contribution in [1.82, 2.24) is 4.90 Å². The number of carbonyl (C=O) groups is 1. The summed E-state index contributed by atoms with van der Waals surface area (Å²) in [6.07, 6.45) is -3.23. The largest absolute Gasteiger partial charge is 0.616 e. The predicted molar refractivity (Wildman–Crippen MR) is 184 cm³/mol. The number of benzene rings is 1. The van der Waals surface area contributed by atoms with Crippen LogP contribution in [-0.4, -0.2) is 82.3 Å². The van der Waals surface area contributed by atoms with Gasteiger partial charge in [0, 0.05) is 13.0 Å². The second-order valence-electron chi connectivity index (χ2n) is 15.9. The maximum atomic E-state index is 13.2. The minimum atomic E-state index is -5.58. The lowest BCUT2D eigenvalue weighted by Gasteiger charge is -2.53. The van der Waals surface area contributed by atoms with Gasteiger partial charge >= 0.3 is 24.4 Å². The first kappa shape index (κ1) is 42.3. The van der Waals surface area contributed by atoms with E-state index in [0.717, 1.165) is 87.5 Å². The SMILES string of the molecule is CC12CCC3c4ccc(OC(=O)N5CCOC(C(F)(F)F)C5)cc4CC(CCCCCCCCC[S+]([O-])CCCC(F)(F)C(F)(F)F)C3C1CCC2O. The smallest absolute Gasteiger partial charge is 0.453 e. The van der Waals surface area contributed by atoms with E-state index in [-0.39, 0.29) is 30.4 Å². The molecular formula is C38H53F8NO5S. The molecule has 15 heteroatoms. The highest BCUT2D eigenvalue weighted by Gasteiger charge is 2.57. The summed E-state index contributed by atoms with van der Waals surface area (Å²) in [6.45, 7) is 1.40. The summed E-state index contributed by atoms with van der Waals surface area (Å²) in [5.41, 5.74) is 2.22. The maximum Gasteiger partial charge on any atom is 0.453 e. The number of aliphatic hydroxyl groups is 1. The number of ether oxygens (including phenoxy) is 2. The highest BCUT2D eigenvalue weighted by atomic mass is 32.2. The van der Waals surface area contributed by atoms with Crippen molar-refractivity contribution in [3.8, 4) is 5.75 Å². The Balaban J connectivity index is 1.10. The Kier molecular flexibility index (Phi) is 14.0. The molecule has 5 rings (SSSR count). The first-order valence-corrected chi connectivity index (χ1v) is 20.6. The van der Waals surface area contributed by atoms with Crippen LogP contribution in [0.25, 0.3) is 0 Å². The van der Waals surface area contributed by atoms with Crippen LogP contribution in [0.5, 0.6) is 5.75 Å². The highest BCUT2D eigenvalue weighted by molar-refractivity contribution is 7.91. The number of carbonyl (C=O) groups excluding carboxylic acids is 1. The van der Waals surface area contributed by atoms with Gasteiger partial charge in [0.25, 0.3) is 0 Å². The zero-order chi connectivity index (χ0) is 38.6. The van der Waals surface area contributed by atoms with Crippen LogP contribution in [0.15, 0.2) is 18.2 Å². The second-order valence-corrected chi connectivity index (χ2v) is 17.6. The number of hydrogen-bond acceptors (Lipinski definition) is 5. The second kappa shape index (κ2) is 17.5. The van der Waals surface area contributed by atoms with Crippen molar-refractivity contribution >= 4 is 17.3 Å². The van der Waals surface area contributed by atoms with Gasteiger partial charge in [-0.2, -0.15) is 35.1 Å². The Morgan fingerprint density at radius 1 is 0.981 bits per heavy atom. The first-order chi connectivity index (χ1) is 24.9. The third kappa shape index (κ3) is 10.3. The highest BCUT2D eigenvalue weighted by Crippen LogP contribution is 2.62. The molecule has 1 heterocycles. The van der Waals surface area contributed by atoms with Crippen LogP contribution in [0.1, 0.15) is 114 Å². The molecule has 0 spiro atoms. The van der Waals surface area contributed by atoms with Crippen LogP contribution in [0.2, 0.25) is 0 Å². The van der Waals surface area contributed by atoms with Gasteiger partial charge in [-0.15, -0.1) is 0 Å². The molecule has 1 amide bonds. The Bertz CT molecular complexity index is 1360. The minimum absolute atomic E-state index is 0.0117. The molecule has 4 aliphatic rings. The van der Waals surface area contributed by atoms with E-state index in [4.69, 9.17) is 9.47 Å². The van der Waals surface area contributed by atoms with Crippen molar-refractivity contribution in [2.75, 3.05) is 31.2 Å². The maximum absolute atomic E-state index is 13.2. The molecule has 1 saturated heterocycles. The summed E-state index contributed by atoms with van der Waals surface area (Å²) < 4.78 is 125. The summed E-state index contributed by atoms with van der Waals surface area (Å²) in [5.74, 6) is -2.80. The van der Waals surface area contributed by atoms with E-state index >= 15 is 0 Å². The van der Waals surface area contributed by atoms with E-state index in [0.29, 0.717) is 41.6 Å². The molecule has 302 valence electrons.